The van der Waals surface area contributed by atoms with E-state index in [0.29, 0.717) is 5.69 Å². The molecule has 168 valence electrons. The lowest BCUT2D eigenvalue weighted by Gasteiger charge is -2.14. The number of nitrogens with zero attached hydrogens (tertiary/aromatic N) is 1. The van der Waals surface area contributed by atoms with E-state index in [1.54, 1.807) is 19.9 Å². The second kappa shape index (κ2) is 9.62. The fourth-order valence-corrected chi connectivity index (χ4v) is 4.30. The number of ether oxygens (including phenoxy) is 1. The van der Waals surface area contributed by atoms with E-state index in [4.69, 9.17) is 4.74 Å². The highest BCUT2D eigenvalue weighted by atomic mass is 32.2. The molecule has 0 aliphatic carbocycles. The lowest BCUT2D eigenvalue weighted by Crippen LogP contribution is -2.41. The molecule has 0 spiro atoms. The number of H-pyrrole nitrogens is 1. The van der Waals surface area contributed by atoms with Crippen molar-refractivity contribution in [3.63, 3.8) is 0 Å². The van der Waals surface area contributed by atoms with Crippen molar-refractivity contribution in [2.45, 2.75) is 24.8 Å². The zero-order chi connectivity index (χ0) is 23.3. The Morgan fingerprint density at radius 2 is 1.69 bits per heavy atom. The van der Waals surface area contributed by atoms with Crippen LogP contribution in [0.15, 0.2) is 59.5 Å². The maximum atomic E-state index is 12.6. The first-order valence-corrected chi connectivity index (χ1v) is 11.1. The molecule has 10 nitrogen and oxygen atoms in total. The number of hydrogen-bond acceptors (Lipinski definition) is 6. The summed E-state index contributed by atoms with van der Waals surface area (Å²) in [5.41, 5.74) is 6.10. The number of carbonyl (C=O) groups is 2. The molecule has 0 unspecified atom stereocenters. The van der Waals surface area contributed by atoms with Crippen LogP contribution in [0.2, 0.25) is 0 Å². The Hall–Kier alpha value is -3.70. The molecule has 3 rings (SSSR count). The van der Waals surface area contributed by atoms with Gasteiger partial charge in [0, 0.05) is 17.2 Å². The molecule has 11 heteroatoms. The van der Waals surface area contributed by atoms with E-state index < -0.39 is 21.8 Å². The van der Waals surface area contributed by atoms with E-state index in [9.17, 15) is 18.0 Å². The highest BCUT2D eigenvalue weighted by molar-refractivity contribution is 7.89. The summed E-state index contributed by atoms with van der Waals surface area (Å²) in [7, 11) is -2.58. The molecule has 0 bridgehead atoms. The number of aromatic nitrogens is 2. The zero-order valence-corrected chi connectivity index (χ0v) is 18.5. The molecule has 0 fully saturated rings. The maximum absolute atomic E-state index is 12.6. The molecule has 1 aromatic heterocycles. The fourth-order valence-electron chi connectivity index (χ4n) is 2.85. The van der Waals surface area contributed by atoms with Crippen LogP contribution >= 0.6 is 0 Å². The molecule has 32 heavy (non-hydrogen) atoms. The van der Waals surface area contributed by atoms with Gasteiger partial charge in [-0.05, 0) is 38.1 Å². The summed E-state index contributed by atoms with van der Waals surface area (Å²) in [6, 6.07) is 14.4. The molecular weight excluding hydrogens is 434 g/mol. The number of methoxy groups -OCH3 is 1. The summed E-state index contributed by atoms with van der Waals surface area (Å²) in [6.07, 6.45) is 0. The van der Waals surface area contributed by atoms with Gasteiger partial charge < -0.3 is 4.74 Å². The van der Waals surface area contributed by atoms with Crippen LogP contribution in [-0.2, 0) is 10.0 Å². The lowest BCUT2D eigenvalue weighted by atomic mass is 10.1. The Bertz CT molecular complexity index is 1220. The Morgan fingerprint density at radius 3 is 2.34 bits per heavy atom. The minimum absolute atomic E-state index is 0.0183. The van der Waals surface area contributed by atoms with Crippen LogP contribution in [0, 0.1) is 0 Å². The van der Waals surface area contributed by atoms with Gasteiger partial charge in [0.25, 0.3) is 11.8 Å². The number of sulfonamides is 1. The number of benzene rings is 2. The SMILES string of the molecule is COc1ccc(C(=O)NNC(=O)c2cc(-c3ccccc3)n[nH]2)cc1S(=O)(=O)NC(C)C. The summed E-state index contributed by atoms with van der Waals surface area (Å²) in [4.78, 5) is 24.7. The Morgan fingerprint density at radius 1 is 1.00 bits per heavy atom. The number of hydrazine groups is 1. The van der Waals surface area contributed by atoms with E-state index >= 15 is 0 Å². The van der Waals surface area contributed by atoms with Gasteiger partial charge in [-0.25, -0.2) is 13.1 Å². The van der Waals surface area contributed by atoms with E-state index in [1.165, 1.54) is 25.3 Å². The number of nitrogens with one attached hydrogen (secondary N) is 4. The Balaban J connectivity index is 1.72. The topological polar surface area (TPSA) is 142 Å². The Kier molecular flexibility index (Phi) is 6.91. The van der Waals surface area contributed by atoms with Crippen molar-refractivity contribution in [1.82, 2.24) is 25.8 Å². The van der Waals surface area contributed by atoms with Crippen LogP contribution in [0.4, 0.5) is 0 Å². The summed E-state index contributed by atoms with van der Waals surface area (Å²) in [5, 5.41) is 6.70. The number of carbonyl (C=O) groups excluding carboxylic acids is 2. The molecule has 2 aromatic carbocycles. The van der Waals surface area contributed by atoms with Crippen molar-refractivity contribution in [2.75, 3.05) is 7.11 Å². The van der Waals surface area contributed by atoms with Gasteiger partial charge >= 0.3 is 0 Å². The van der Waals surface area contributed by atoms with Crippen molar-refractivity contribution >= 4 is 21.8 Å². The van der Waals surface area contributed by atoms with Crippen molar-refractivity contribution in [3.05, 3.63) is 65.9 Å². The molecule has 0 radical (unpaired) electrons. The predicted molar refractivity (Wildman–Crippen MR) is 117 cm³/mol. The third-order valence-corrected chi connectivity index (χ3v) is 5.97. The number of rotatable bonds is 7. The molecule has 0 saturated heterocycles. The summed E-state index contributed by atoms with van der Waals surface area (Å²) < 4.78 is 32.7. The second-order valence-electron chi connectivity index (χ2n) is 7.08. The van der Waals surface area contributed by atoms with Gasteiger partial charge in [0.15, 0.2) is 0 Å². The summed E-state index contributed by atoms with van der Waals surface area (Å²) >= 11 is 0. The number of hydrogen-bond donors (Lipinski definition) is 4. The molecule has 2 amide bonds. The van der Waals surface area contributed by atoms with Gasteiger partial charge in [-0.2, -0.15) is 5.10 Å². The molecule has 0 aliphatic heterocycles. The molecule has 4 N–H and O–H groups in total. The normalized spacial score (nSPS) is 11.2. The minimum Gasteiger partial charge on any atom is -0.495 e. The van der Waals surface area contributed by atoms with E-state index in [2.05, 4.69) is 25.8 Å². The minimum atomic E-state index is -3.91. The van der Waals surface area contributed by atoms with E-state index in [1.807, 2.05) is 30.3 Å². The van der Waals surface area contributed by atoms with Crippen LogP contribution in [0.5, 0.6) is 5.75 Å². The first-order chi connectivity index (χ1) is 15.2. The van der Waals surface area contributed by atoms with Gasteiger partial charge in [0.2, 0.25) is 10.0 Å². The quantitative estimate of drug-likeness (QED) is 0.399. The molecule has 0 aliphatic rings. The average Bonchev–Trinajstić information content (AvgIpc) is 3.27. The molecule has 0 atom stereocenters. The van der Waals surface area contributed by atoms with Crippen LogP contribution in [0.25, 0.3) is 11.3 Å². The standard InChI is InChI=1S/C21H23N5O5S/c1-13(2)26-32(29,30)19-11-15(9-10-18(19)31-3)20(27)24-25-21(28)17-12-16(22-23-17)14-7-5-4-6-8-14/h4-13,26H,1-3H3,(H,22,23)(H,24,27)(H,25,28). The van der Waals surface area contributed by atoms with Crippen molar-refractivity contribution in [1.29, 1.82) is 0 Å². The fraction of sp³-hybridized carbons (Fsp3) is 0.190. The van der Waals surface area contributed by atoms with Crippen LogP contribution in [0.3, 0.4) is 0 Å². The monoisotopic (exact) mass is 457 g/mol. The van der Waals surface area contributed by atoms with Crippen molar-refractivity contribution in [3.8, 4) is 17.0 Å². The third-order valence-electron chi connectivity index (χ3n) is 4.29. The predicted octanol–water partition coefficient (Wildman–Crippen LogP) is 1.85. The van der Waals surface area contributed by atoms with Crippen molar-refractivity contribution in [2.24, 2.45) is 0 Å². The summed E-state index contributed by atoms with van der Waals surface area (Å²) in [6.45, 7) is 3.35. The number of aromatic amines is 1. The maximum Gasteiger partial charge on any atom is 0.287 e. The van der Waals surface area contributed by atoms with Gasteiger partial charge in [-0.15, -0.1) is 0 Å². The summed E-state index contributed by atoms with van der Waals surface area (Å²) in [5.74, 6) is -1.23. The average molecular weight is 458 g/mol. The van der Waals surface area contributed by atoms with Crippen LogP contribution in [0.1, 0.15) is 34.7 Å². The van der Waals surface area contributed by atoms with Crippen LogP contribution in [-0.4, -0.2) is 43.6 Å². The highest BCUT2D eigenvalue weighted by Gasteiger charge is 2.23. The van der Waals surface area contributed by atoms with Gasteiger partial charge in [-0.1, -0.05) is 30.3 Å². The molecule has 1 heterocycles. The first kappa shape index (κ1) is 23.0. The lowest BCUT2D eigenvalue weighted by molar-refractivity contribution is 0.0843. The molecular formula is C21H23N5O5S. The van der Waals surface area contributed by atoms with Crippen molar-refractivity contribution < 1.29 is 22.7 Å². The second-order valence-corrected chi connectivity index (χ2v) is 8.77. The first-order valence-electron chi connectivity index (χ1n) is 9.63. The Labute approximate surface area is 185 Å². The van der Waals surface area contributed by atoms with E-state index in [0.717, 1.165) is 5.56 Å². The number of amides is 2. The molecule has 3 aromatic rings. The van der Waals surface area contributed by atoms with Crippen LogP contribution < -0.4 is 20.3 Å². The van der Waals surface area contributed by atoms with E-state index in [-0.39, 0.29) is 27.9 Å². The van der Waals surface area contributed by atoms with Gasteiger partial charge in [-0.3, -0.25) is 25.5 Å². The largest absolute Gasteiger partial charge is 0.495 e. The van der Waals surface area contributed by atoms with Gasteiger partial charge in [0.05, 0.1) is 12.8 Å². The zero-order valence-electron chi connectivity index (χ0n) is 17.7. The smallest absolute Gasteiger partial charge is 0.287 e. The van der Waals surface area contributed by atoms with Gasteiger partial charge in [0.1, 0.15) is 16.3 Å². The highest BCUT2D eigenvalue weighted by Crippen LogP contribution is 2.25. The molecule has 0 saturated carbocycles. The third kappa shape index (κ3) is 5.31.